The topological polar surface area (TPSA) is 23.8 Å². The van der Waals surface area contributed by atoms with Crippen LogP contribution in [-0.4, -0.2) is 10.5 Å². The molecular formula is C10H17NS. The molecule has 0 aromatic carbocycles. The van der Waals surface area contributed by atoms with Gasteiger partial charge in [0.05, 0.1) is 6.07 Å². The summed E-state index contributed by atoms with van der Waals surface area (Å²) in [4.78, 5) is 0. The highest BCUT2D eigenvalue weighted by Crippen LogP contribution is 2.41. The minimum absolute atomic E-state index is 0.0265. The van der Waals surface area contributed by atoms with E-state index in [-0.39, 0.29) is 4.75 Å². The fourth-order valence-corrected chi connectivity index (χ4v) is 2.93. The zero-order valence-corrected chi connectivity index (χ0v) is 8.78. The molecule has 1 aliphatic rings. The van der Waals surface area contributed by atoms with E-state index in [2.05, 4.69) is 19.9 Å². The Kier molecular flexibility index (Phi) is 3.46. The van der Waals surface area contributed by atoms with E-state index >= 15 is 0 Å². The first kappa shape index (κ1) is 9.92. The van der Waals surface area contributed by atoms with Crippen LogP contribution >= 0.6 is 11.8 Å². The van der Waals surface area contributed by atoms with Crippen LogP contribution in [0.3, 0.4) is 0 Å². The van der Waals surface area contributed by atoms with Crippen LogP contribution in [0, 0.1) is 17.2 Å². The van der Waals surface area contributed by atoms with Crippen LogP contribution in [0.2, 0.25) is 0 Å². The molecule has 1 fully saturated rings. The van der Waals surface area contributed by atoms with Crippen molar-refractivity contribution in [1.82, 2.24) is 0 Å². The highest BCUT2D eigenvalue weighted by molar-refractivity contribution is 8.00. The molecule has 1 rings (SSSR count). The van der Waals surface area contributed by atoms with E-state index < -0.39 is 0 Å². The highest BCUT2D eigenvalue weighted by atomic mass is 32.2. The first-order valence-electron chi connectivity index (χ1n) is 4.77. The molecule has 0 aromatic rings. The molecule has 0 atom stereocenters. The quantitative estimate of drug-likeness (QED) is 0.656. The van der Waals surface area contributed by atoms with Crippen molar-refractivity contribution in [2.45, 2.75) is 44.3 Å². The maximum Gasteiger partial charge on any atom is 0.102 e. The van der Waals surface area contributed by atoms with Gasteiger partial charge in [-0.1, -0.05) is 13.8 Å². The smallest absolute Gasteiger partial charge is 0.102 e. The minimum atomic E-state index is -0.0265. The number of nitrogens with zero attached hydrogens (tertiary/aromatic N) is 1. The monoisotopic (exact) mass is 183 g/mol. The standard InChI is InChI=1S/C10H17NS/c1-3-12-10(8-11)6-4-9(2)5-7-10/h9H,3-7H2,1-2H3. The van der Waals surface area contributed by atoms with Crippen molar-refractivity contribution >= 4 is 11.8 Å². The number of hydrogen-bond acceptors (Lipinski definition) is 2. The summed E-state index contributed by atoms with van der Waals surface area (Å²) < 4.78 is -0.0265. The molecule has 1 nitrogen and oxygen atoms in total. The summed E-state index contributed by atoms with van der Waals surface area (Å²) in [5.74, 6) is 1.91. The van der Waals surface area contributed by atoms with Gasteiger partial charge in [0, 0.05) is 0 Å². The van der Waals surface area contributed by atoms with Crippen LogP contribution in [-0.2, 0) is 0 Å². The van der Waals surface area contributed by atoms with Crippen molar-refractivity contribution in [3.63, 3.8) is 0 Å². The Balaban J connectivity index is 2.52. The Morgan fingerprint density at radius 2 is 2.08 bits per heavy atom. The Morgan fingerprint density at radius 3 is 2.50 bits per heavy atom. The van der Waals surface area contributed by atoms with E-state index in [0.29, 0.717) is 0 Å². The molecule has 0 N–H and O–H groups in total. The lowest BCUT2D eigenvalue weighted by atomic mass is 9.83. The first-order chi connectivity index (χ1) is 5.72. The Morgan fingerprint density at radius 1 is 1.50 bits per heavy atom. The summed E-state index contributed by atoms with van der Waals surface area (Å²) in [6, 6.07) is 2.50. The lowest BCUT2D eigenvalue weighted by Gasteiger charge is -2.32. The molecule has 0 amide bonds. The van der Waals surface area contributed by atoms with Gasteiger partial charge in [-0.2, -0.15) is 5.26 Å². The van der Waals surface area contributed by atoms with Gasteiger partial charge in [-0.05, 0) is 37.4 Å². The van der Waals surface area contributed by atoms with E-state index in [4.69, 9.17) is 5.26 Å². The molecule has 0 aromatic heterocycles. The Labute approximate surface area is 79.5 Å². The lowest BCUT2D eigenvalue weighted by Crippen LogP contribution is -2.28. The average molecular weight is 183 g/mol. The Bertz CT molecular complexity index is 175. The molecule has 0 aliphatic heterocycles. The molecule has 0 radical (unpaired) electrons. The number of nitriles is 1. The van der Waals surface area contributed by atoms with Gasteiger partial charge >= 0.3 is 0 Å². The predicted octanol–water partition coefficient (Wildman–Crippen LogP) is 3.21. The van der Waals surface area contributed by atoms with E-state index in [1.165, 1.54) is 12.8 Å². The summed E-state index contributed by atoms with van der Waals surface area (Å²) in [6.07, 6.45) is 4.67. The van der Waals surface area contributed by atoms with Crippen molar-refractivity contribution in [3.05, 3.63) is 0 Å². The molecule has 0 saturated heterocycles. The maximum absolute atomic E-state index is 9.09. The van der Waals surface area contributed by atoms with Crippen molar-refractivity contribution in [2.75, 3.05) is 5.75 Å². The van der Waals surface area contributed by atoms with Crippen molar-refractivity contribution in [3.8, 4) is 6.07 Å². The summed E-state index contributed by atoms with van der Waals surface area (Å²) in [5, 5.41) is 9.09. The molecule has 1 aliphatic carbocycles. The van der Waals surface area contributed by atoms with Gasteiger partial charge in [0.2, 0.25) is 0 Å². The summed E-state index contributed by atoms with van der Waals surface area (Å²) in [6.45, 7) is 4.43. The molecule has 68 valence electrons. The summed E-state index contributed by atoms with van der Waals surface area (Å²) >= 11 is 1.84. The first-order valence-corrected chi connectivity index (χ1v) is 5.76. The van der Waals surface area contributed by atoms with Gasteiger partial charge in [0.15, 0.2) is 0 Å². The van der Waals surface area contributed by atoms with Gasteiger partial charge < -0.3 is 0 Å². The fourth-order valence-electron chi connectivity index (χ4n) is 1.79. The average Bonchev–Trinajstić information content (AvgIpc) is 2.10. The predicted molar refractivity (Wildman–Crippen MR) is 54.1 cm³/mol. The third-order valence-electron chi connectivity index (χ3n) is 2.71. The van der Waals surface area contributed by atoms with Gasteiger partial charge in [0.1, 0.15) is 4.75 Å². The zero-order chi connectivity index (χ0) is 9.03. The zero-order valence-electron chi connectivity index (χ0n) is 7.97. The van der Waals surface area contributed by atoms with E-state index in [0.717, 1.165) is 24.5 Å². The van der Waals surface area contributed by atoms with E-state index in [1.54, 1.807) is 0 Å². The van der Waals surface area contributed by atoms with Gasteiger partial charge in [-0.3, -0.25) is 0 Å². The molecule has 0 spiro atoms. The number of rotatable bonds is 2. The van der Waals surface area contributed by atoms with Crippen molar-refractivity contribution in [2.24, 2.45) is 5.92 Å². The second-order valence-corrected chi connectivity index (χ2v) is 5.37. The molecule has 0 bridgehead atoms. The molecule has 2 heteroatoms. The molecular weight excluding hydrogens is 166 g/mol. The second kappa shape index (κ2) is 4.18. The summed E-state index contributed by atoms with van der Waals surface area (Å²) in [7, 11) is 0. The normalized spacial score (nSPS) is 35.9. The number of hydrogen-bond donors (Lipinski definition) is 0. The number of thioether (sulfide) groups is 1. The van der Waals surface area contributed by atoms with Crippen LogP contribution in [0.1, 0.15) is 39.5 Å². The second-order valence-electron chi connectivity index (χ2n) is 3.72. The van der Waals surface area contributed by atoms with E-state index in [9.17, 15) is 0 Å². The van der Waals surface area contributed by atoms with Crippen molar-refractivity contribution < 1.29 is 0 Å². The molecule has 12 heavy (non-hydrogen) atoms. The van der Waals surface area contributed by atoms with Gasteiger partial charge in [-0.15, -0.1) is 11.8 Å². The van der Waals surface area contributed by atoms with Crippen LogP contribution in [0.5, 0.6) is 0 Å². The van der Waals surface area contributed by atoms with Gasteiger partial charge in [-0.25, -0.2) is 0 Å². The van der Waals surface area contributed by atoms with Crippen LogP contribution in [0.25, 0.3) is 0 Å². The van der Waals surface area contributed by atoms with Crippen LogP contribution < -0.4 is 0 Å². The third-order valence-corrected chi connectivity index (χ3v) is 4.05. The van der Waals surface area contributed by atoms with Crippen LogP contribution in [0.15, 0.2) is 0 Å². The highest BCUT2D eigenvalue weighted by Gasteiger charge is 2.33. The largest absolute Gasteiger partial charge is 0.197 e. The third kappa shape index (κ3) is 2.17. The molecule has 0 heterocycles. The van der Waals surface area contributed by atoms with Gasteiger partial charge in [0.25, 0.3) is 0 Å². The van der Waals surface area contributed by atoms with E-state index in [1.807, 2.05) is 11.8 Å². The lowest BCUT2D eigenvalue weighted by molar-refractivity contribution is 0.358. The molecule has 1 saturated carbocycles. The SMILES string of the molecule is CCSC1(C#N)CCC(C)CC1. The van der Waals surface area contributed by atoms with Crippen LogP contribution in [0.4, 0.5) is 0 Å². The molecule has 0 unspecified atom stereocenters. The van der Waals surface area contributed by atoms with Crippen molar-refractivity contribution in [1.29, 1.82) is 5.26 Å². The minimum Gasteiger partial charge on any atom is -0.197 e. The summed E-state index contributed by atoms with van der Waals surface area (Å²) in [5.41, 5.74) is 0. The maximum atomic E-state index is 9.09. The fraction of sp³-hybridized carbons (Fsp3) is 0.900. The Hall–Kier alpha value is -0.160.